The van der Waals surface area contributed by atoms with E-state index in [2.05, 4.69) is 20.0 Å². The molecule has 1 aliphatic rings. The van der Waals surface area contributed by atoms with Crippen molar-refractivity contribution < 1.29 is 33.0 Å². The van der Waals surface area contributed by atoms with Gasteiger partial charge in [-0.3, -0.25) is 13.9 Å². The van der Waals surface area contributed by atoms with Crippen molar-refractivity contribution in [2.75, 3.05) is 18.9 Å². The van der Waals surface area contributed by atoms with Crippen molar-refractivity contribution >= 4 is 30.7 Å². The minimum atomic E-state index is -4.08. The summed E-state index contributed by atoms with van der Waals surface area (Å²) in [6.45, 7) is 5.68. The second-order valence-corrected chi connectivity index (χ2v) is 11.1. The molecule has 212 valence electrons. The Kier molecular flexibility index (Phi) is 9.52. The molecule has 0 spiro atoms. The number of benzene rings is 1. The molecular formula is C25H35N6O7P. The van der Waals surface area contributed by atoms with E-state index in [-0.39, 0.29) is 31.4 Å². The van der Waals surface area contributed by atoms with Crippen molar-refractivity contribution in [3.05, 3.63) is 43.0 Å². The van der Waals surface area contributed by atoms with Gasteiger partial charge in [0.05, 0.1) is 25.6 Å². The van der Waals surface area contributed by atoms with E-state index in [4.69, 9.17) is 24.3 Å². The van der Waals surface area contributed by atoms with E-state index in [1.54, 1.807) is 34.9 Å². The van der Waals surface area contributed by atoms with Crippen LogP contribution < -0.4 is 15.3 Å². The smallest absolute Gasteiger partial charge is 0.459 e. The molecular weight excluding hydrogens is 527 g/mol. The standard InChI is InChI=1S/C25H35N6O7P/c1-4-17(5-2)12-35-25(33)16(3)30-39(34,38-18-9-7-6-8-10-18)36-13-19-11-20(32)24(37-19)31-15-29-21-22(26)27-14-28-23(21)31/h6-10,14-17,19-20,24,32H,4-5,11-13H2,1-3H3,(H,30,34)(H2,26,27,28)/t16-,19-,20+,24+,39?/m0/s1. The van der Waals surface area contributed by atoms with Crippen LogP contribution in [0.1, 0.15) is 46.3 Å². The van der Waals surface area contributed by atoms with Crippen LogP contribution in [0.5, 0.6) is 5.75 Å². The van der Waals surface area contributed by atoms with E-state index in [1.165, 1.54) is 19.6 Å². The Bertz CT molecular complexity index is 1290. The Hall–Kier alpha value is -3.09. The molecule has 1 fully saturated rings. The number of imidazole rings is 1. The maximum absolute atomic E-state index is 13.8. The number of nitrogen functional groups attached to an aromatic ring is 1. The fourth-order valence-electron chi connectivity index (χ4n) is 4.17. The van der Waals surface area contributed by atoms with Crippen LogP contribution in [-0.2, 0) is 23.4 Å². The molecule has 0 amide bonds. The van der Waals surface area contributed by atoms with E-state index < -0.39 is 38.2 Å². The van der Waals surface area contributed by atoms with Crippen LogP contribution in [0.25, 0.3) is 11.2 Å². The van der Waals surface area contributed by atoms with Gasteiger partial charge in [-0.15, -0.1) is 0 Å². The fourth-order valence-corrected chi connectivity index (χ4v) is 5.70. The molecule has 4 N–H and O–H groups in total. The zero-order valence-corrected chi connectivity index (χ0v) is 23.1. The molecule has 1 aromatic carbocycles. The molecule has 14 heteroatoms. The molecule has 3 heterocycles. The molecule has 2 aromatic heterocycles. The number of esters is 1. The number of carbonyl (C=O) groups is 1. The number of anilines is 1. The number of aliphatic hydroxyl groups is 1. The van der Waals surface area contributed by atoms with Crippen LogP contribution in [0.15, 0.2) is 43.0 Å². The summed E-state index contributed by atoms with van der Waals surface area (Å²) in [6.07, 6.45) is 2.33. The average Bonchev–Trinajstić information content (AvgIpc) is 3.52. The molecule has 1 unspecified atom stereocenters. The van der Waals surface area contributed by atoms with Crippen molar-refractivity contribution in [2.24, 2.45) is 5.92 Å². The second-order valence-electron chi connectivity index (χ2n) is 9.40. The maximum Gasteiger partial charge on any atom is 0.459 e. The average molecular weight is 563 g/mol. The largest absolute Gasteiger partial charge is 0.464 e. The summed E-state index contributed by atoms with van der Waals surface area (Å²) < 4.78 is 38.2. The van der Waals surface area contributed by atoms with Gasteiger partial charge in [0, 0.05) is 6.42 Å². The number of aromatic nitrogens is 4. The van der Waals surface area contributed by atoms with Crippen molar-refractivity contribution in [1.29, 1.82) is 0 Å². The summed E-state index contributed by atoms with van der Waals surface area (Å²) in [5.74, 6) is 0.185. The van der Waals surface area contributed by atoms with Crippen LogP contribution in [0.3, 0.4) is 0 Å². The lowest BCUT2D eigenvalue weighted by atomic mass is 10.1. The van der Waals surface area contributed by atoms with Crippen molar-refractivity contribution in [1.82, 2.24) is 24.6 Å². The number of aliphatic hydroxyl groups excluding tert-OH is 1. The van der Waals surface area contributed by atoms with E-state index >= 15 is 0 Å². The topological polar surface area (TPSA) is 173 Å². The molecule has 1 aliphatic heterocycles. The first-order valence-corrected chi connectivity index (χ1v) is 14.5. The van der Waals surface area contributed by atoms with Gasteiger partial charge in [0.2, 0.25) is 0 Å². The van der Waals surface area contributed by atoms with Crippen molar-refractivity contribution in [3.8, 4) is 5.75 Å². The third-order valence-electron chi connectivity index (χ3n) is 6.55. The highest BCUT2D eigenvalue weighted by molar-refractivity contribution is 7.52. The molecule has 13 nitrogen and oxygen atoms in total. The maximum atomic E-state index is 13.8. The van der Waals surface area contributed by atoms with Gasteiger partial charge in [-0.25, -0.2) is 19.5 Å². The number of fused-ring (bicyclic) bond motifs is 1. The SMILES string of the molecule is CCC(CC)COC(=O)[C@H](C)NP(=O)(OC[C@@H]1C[C@@H](O)[C@H](n2cnc3c(N)ncnc32)O1)Oc1ccccc1. The van der Waals surface area contributed by atoms with E-state index in [0.29, 0.717) is 16.9 Å². The summed E-state index contributed by atoms with van der Waals surface area (Å²) in [6, 6.07) is 7.50. The quantitative estimate of drug-likeness (QED) is 0.205. The Morgan fingerprint density at radius 1 is 1.26 bits per heavy atom. The van der Waals surface area contributed by atoms with Crippen LogP contribution in [0.2, 0.25) is 0 Å². The lowest BCUT2D eigenvalue weighted by Gasteiger charge is -2.24. The van der Waals surface area contributed by atoms with Gasteiger partial charge in [-0.1, -0.05) is 44.9 Å². The Labute approximate surface area is 226 Å². The molecule has 39 heavy (non-hydrogen) atoms. The number of nitrogens with zero attached hydrogens (tertiary/aromatic N) is 4. The van der Waals surface area contributed by atoms with E-state index in [1.807, 2.05) is 13.8 Å². The summed E-state index contributed by atoms with van der Waals surface area (Å²) in [5.41, 5.74) is 6.67. The van der Waals surface area contributed by atoms with Crippen molar-refractivity contribution in [2.45, 2.75) is 64.5 Å². The minimum Gasteiger partial charge on any atom is -0.464 e. The number of nitrogens with two attached hydrogens (primary N) is 1. The fraction of sp³-hybridized carbons (Fsp3) is 0.520. The number of para-hydroxylation sites is 1. The predicted molar refractivity (Wildman–Crippen MR) is 143 cm³/mol. The molecule has 0 radical (unpaired) electrons. The van der Waals surface area contributed by atoms with E-state index in [0.717, 1.165) is 12.8 Å². The highest BCUT2D eigenvalue weighted by Crippen LogP contribution is 2.46. The first kappa shape index (κ1) is 28.9. The zero-order chi connectivity index (χ0) is 28.0. The molecule has 5 atom stereocenters. The molecule has 0 bridgehead atoms. The summed E-state index contributed by atoms with van der Waals surface area (Å²) in [4.78, 5) is 24.9. The molecule has 3 aromatic rings. The number of rotatable bonds is 13. The molecule has 0 saturated carbocycles. The van der Waals surface area contributed by atoms with Gasteiger partial charge in [0.25, 0.3) is 0 Å². The van der Waals surface area contributed by atoms with Crippen LogP contribution in [0.4, 0.5) is 5.82 Å². The van der Waals surface area contributed by atoms with Crippen LogP contribution in [0, 0.1) is 5.92 Å². The second kappa shape index (κ2) is 12.8. The third kappa shape index (κ3) is 7.11. The lowest BCUT2D eigenvalue weighted by molar-refractivity contribution is -0.146. The molecule has 4 rings (SSSR count). The van der Waals surface area contributed by atoms with Gasteiger partial charge < -0.3 is 24.8 Å². The predicted octanol–water partition coefficient (Wildman–Crippen LogP) is 3.22. The summed E-state index contributed by atoms with van der Waals surface area (Å²) >= 11 is 0. The van der Waals surface area contributed by atoms with Crippen LogP contribution >= 0.6 is 7.75 Å². The Morgan fingerprint density at radius 2 is 2.00 bits per heavy atom. The van der Waals surface area contributed by atoms with E-state index in [9.17, 15) is 14.5 Å². The first-order chi connectivity index (χ1) is 18.7. The number of nitrogens with one attached hydrogen (secondary N) is 1. The lowest BCUT2D eigenvalue weighted by Crippen LogP contribution is -2.36. The zero-order valence-electron chi connectivity index (χ0n) is 22.2. The molecule has 1 saturated heterocycles. The molecule has 0 aliphatic carbocycles. The van der Waals surface area contributed by atoms with Gasteiger partial charge in [-0.2, -0.15) is 5.09 Å². The number of hydrogen-bond acceptors (Lipinski definition) is 11. The first-order valence-electron chi connectivity index (χ1n) is 12.9. The van der Waals surface area contributed by atoms with Crippen molar-refractivity contribution in [3.63, 3.8) is 0 Å². The Balaban J connectivity index is 1.43. The minimum absolute atomic E-state index is 0.184. The van der Waals surface area contributed by atoms with Gasteiger partial charge in [0.1, 0.15) is 29.7 Å². The van der Waals surface area contributed by atoms with Gasteiger partial charge in [-0.05, 0) is 25.0 Å². The number of carbonyl (C=O) groups excluding carboxylic acids is 1. The summed E-state index contributed by atoms with van der Waals surface area (Å²) in [5, 5.41) is 13.4. The van der Waals surface area contributed by atoms with Gasteiger partial charge >= 0.3 is 13.7 Å². The highest BCUT2D eigenvalue weighted by atomic mass is 31.2. The number of hydrogen-bond donors (Lipinski definition) is 3. The summed E-state index contributed by atoms with van der Waals surface area (Å²) in [7, 11) is -4.08. The normalized spacial score (nSPS) is 21.6. The van der Waals surface area contributed by atoms with Crippen LogP contribution in [-0.4, -0.2) is 62.1 Å². The third-order valence-corrected chi connectivity index (χ3v) is 8.19. The Morgan fingerprint density at radius 3 is 2.72 bits per heavy atom. The monoisotopic (exact) mass is 562 g/mol. The number of ether oxygens (including phenoxy) is 2. The highest BCUT2D eigenvalue weighted by Gasteiger charge is 2.39. The van der Waals surface area contributed by atoms with Gasteiger partial charge in [0.15, 0.2) is 17.7 Å².